The highest BCUT2D eigenvalue weighted by Gasteiger charge is 2.19. The maximum absolute atomic E-state index is 12.8. The number of nitrogens with two attached hydrogens (primary N) is 1. The van der Waals surface area contributed by atoms with Crippen LogP contribution in [0, 0.1) is 13.8 Å². The van der Waals surface area contributed by atoms with Crippen molar-refractivity contribution in [2.75, 3.05) is 16.9 Å². The summed E-state index contributed by atoms with van der Waals surface area (Å²) < 4.78 is 0. The van der Waals surface area contributed by atoms with Crippen molar-refractivity contribution in [2.45, 2.75) is 20.8 Å². The molecule has 0 fully saturated rings. The van der Waals surface area contributed by atoms with Gasteiger partial charge in [0.1, 0.15) is 0 Å². The van der Waals surface area contributed by atoms with Gasteiger partial charge in [-0.2, -0.15) is 0 Å². The molecule has 0 aliphatic carbocycles. The Hall–Kier alpha value is -2.40. The van der Waals surface area contributed by atoms with Crippen molar-refractivity contribution >= 4 is 17.3 Å². The summed E-state index contributed by atoms with van der Waals surface area (Å²) in [5.41, 5.74) is 6.40. The molecule has 0 saturated carbocycles. The van der Waals surface area contributed by atoms with Crippen LogP contribution in [0.5, 0.6) is 0 Å². The normalized spacial score (nSPS) is 10.3. The van der Waals surface area contributed by atoms with Crippen LogP contribution in [0.1, 0.15) is 28.5 Å². The van der Waals surface area contributed by atoms with Crippen LogP contribution in [0.2, 0.25) is 0 Å². The molecule has 0 saturated heterocycles. The molecule has 2 rings (SSSR count). The summed E-state index contributed by atoms with van der Waals surface area (Å²) in [4.78, 5) is 18.7. The Morgan fingerprint density at radius 1 is 1.33 bits per heavy atom. The van der Waals surface area contributed by atoms with Crippen LogP contribution in [0.3, 0.4) is 0 Å². The molecule has 0 atom stereocenters. The Bertz CT molecular complexity index is 654. The third kappa shape index (κ3) is 3.20. The zero-order valence-corrected chi connectivity index (χ0v) is 12.6. The summed E-state index contributed by atoms with van der Waals surface area (Å²) in [6, 6.07) is 9.61. The fraction of sp³-hybridized carbons (Fsp3) is 0.250. The number of nitrogens with one attached hydrogen (secondary N) is 1. The van der Waals surface area contributed by atoms with E-state index < -0.39 is 0 Å². The number of hydrogen-bond donors (Lipinski definition) is 2. The highest BCUT2D eigenvalue weighted by Crippen LogP contribution is 2.22. The molecule has 1 aromatic carbocycles. The number of aryl methyl sites for hydroxylation is 2. The summed E-state index contributed by atoms with van der Waals surface area (Å²) in [7, 11) is 0. The first-order valence-corrected chi connectivity index (χ1v) is 6.88. The van der Waals surface area contributed by atoms with Crippen LogP contribution in [-0.4, -0.2) is 17.4 Å². The SMILES string of the molecule is CCN(C(=O)c1cnc(C)cc1NN)c1cccc(C)c1. The molecular weight excluding hydrogens is 264 g/mol. The molecule has 1 heterocycles. The predicted molar refractivity (Wildman–Crippen MR) is 85.3 cm³/mol. The van der Waals surface area contributed by atoms with E-state index in [1.165, 1.54) is 0 Å². The van der Waals surface area contributed by atoms with Gasteiger partial charge in [0.2, 0.25) is 0 Å². The number of hydrazine groups is 1. The maximum atomic E-state index is 12.8. The number of amides is 1. The molecule has 1 amide bonds. The van der Waals surface area contributed by atoms with Gasteiger partial charge in [0.15, 0.2) is 0 Å². The molecule has 21 heavy (non-hydrogen) atoms. The lowest BCUT2D eigenvalue weighted by atomic mass is 10.1. The van der Waals surface area contributed by atoms with Gasteiger partial charge < -0.3 is 10.3 Å². The first kappa shape index (κ1) is 15.0. The quantitative estimate of drug-likeness (QED) is 0.669. The molecule has 0 spiro atoms. The van der Waals surface area contributed by atoms with Gasteiger partial charge in [-0.25, -0.2) is 0 Å². The Morgan fingerprint density at radius 2 is 2.10 bits per heavy atom. The number of pyridine rings is 1. The lowest BCUT2D eigenvalue weighted by Crippen LogP contribution is -2.31. The van der Waals surface area contributed by atoms with Gasteiger partial charge in [-0.05, 0) is 44.5 Å². The van der Waals surface area contributed by atoms with Gasteiger partial charge in [-0.15, -0.1) is 0 Å². The van der Waals surface area contributed by atoms with Crippen molar-refractivity contribution < 1.29 is 4.79 Å². The molecule has 0 aliphatic heterocycles. The number of anilines is 2. The summed E-state index contributed by atoms with van der Waals surface area (Å²) in [6.07, 6.45) is 1.56. The topological polar surface area (TPSA) is 71.2 Å². The van der Waals surface area contributed by atoms with E-state index in [1.54, 1.807) is 17.2 Å². The van der Waals surface area contributed by atoms with Crippen molar-refractivity contribution in [2.24, 2.45) is 5.84 Å². The van der Waals surface area contributed by atoms with Crippen molar-refractivity contribution in [1.82, 2.24) is 4.98 Å². The van der Waals surface area contributed by atoms with Crippen molar-refractivity contribution in [3.63, 3.8) is 0 Å². The van der Waals surface area contributed by atoms with E-state index in [1.807, 2.05) is 45.0 Å². The number of carbonyl (C=O) groups excluding carboxylic acids is 1. The number of nitrogens with zero attached hydrogens (tertiary/aromatic N) is 2. The van der Waals surface area contributed by atoms with Gasteiger partial charge in [0, 0.05) is 24.1 Å². The minimum absolute atomic E-state index is 0.122. The maximum Gasteiger partial charge on any atom is 0.261 e. The Balaban J connectivity index is 2.41. The number of rotatable bonds is 4. The average Bonchev–Trinajstić information content (AvgIpc) is 2.47. The molecule has 110 valence electrons. The lowest BCUT2D eigenvalue weighted by molar-refractivity contribution is 0.0988. The molecule has 1 aromatic heterocycles. The van der Waals surface area contributed by atoms with E-state index in [2.05, 4.69) is 10.4 Å². The molecule has 0 radical (unpaired) electrons. The second-order valence-electron chi connectivity index (χ2n) is 4.90. The Kier molecular flexibility index (Phi) is 4.55. The minimum atomic E-state index is -0.122. The zero-order valence-electron chi connectivity index (χ0n) is 12.6. The number of nitrogen functional groups attached to an aromatic ring is 1. The fourth-order valence-corrected chi connectivity index (χ4v) is 2.23. The van der Waals surface area contributed by atoms with E-state index in [-0.39, 0.29) is 5.91 Å². The van der Waals surface area contributed by atoms with Crippen LogP contribution < -0.4 is 16.2 Å². The van der Waals surface area contributed by atoms with Gasteiger partial charge >= 0.3 is 0 Å². The van der Waals surface area contributed by atoms with Crippen molar-refractivity contribution in [3.05, 3.63) is 53.3 Å². The van der Waals surface area contributed by atoms with E-state index in [9.17, 15) is 4.79 Å². The number of hydrogen-bond acceptors (Lipinski definition) is 4. The van der Waals surface area contributed by atoms with Crippen LogP contribution in [0.15, 0.2) is 36.5 Å². The second kappa shape index (κ2) is 6.37. The van der Waals surface area contributed by atoms with E-state index in [0.29, 0.717) is 17.8 Å². The number of aromatic nitrogens is 1. The van der Waals surface area contributed by atoms with Gasteiger partial charge in [-0.1, -0.05) is 12.1 Å². The van der Waals surface area contributed by atoms with Crippen LogP contribution in [-0.2, 0) is 0 Å². The highest BCUT2D eigenvalue weighted by atomic mass is 16.2. The third-order valence-electron chi connectivity index (χ3n) is 3.30. The average molecular weight is 284 g/mol. The first-order chi connectivity index (χ1) is 10.1. The van der Waals surface area contributed by atoms with Gasteiger partial charge in [0.05, 0.1) is 11.3 Å². The Labute approximate surface area is 124 Å². The summed E-state index contributed by atoms with van der Waals surface area (Å²) in [6.45, 7) is 6.37. The monoisotopic (exact) mass is 284 g/mol. The third-order valence-corrected chi connectivity index (χ3v) is 3.30. The van der Waals surface area contributed by atoms with Crippen molar-refractivity contribution in [1.29, 1.82) is 0 Å². The molecule has 0 unspecified atom stereocenters. The lowest BCUT2D eigenvalue weighted by Gasteiger charge is -2.22. The molecule has 5 heteroatoms. The number of carbonyl (C=O) groups is 1. The second-order valence-corrected chi connectivity index (χ2v) is 4.90. The Morgan fingerprint density at radius 3 is 2.71 bits per heavy atom. The van der Waals surface area contributed by atoms with E-state index in [0.717, 1.165) is 16.9 Å². The fourth-order valence-electron chi connectivity index (χ4n) is 2.23. The predicted octanol–water partition coefficient (Wildman–Crippen LogP) is 2.65. The van der Waals surface area contributed by atoms with E-state index >= 15 is 0 Å². The van der Waals surface area contributed by atoms with Crippen LogP contribution in [0.4, 0.5) is 11.4 Å². The molecule has 5 nitrogen and oxygen atoms in total. The molecule has 2 aromatic rings. The summed E-state index contributed by atoms with van der Waals surface area (Å²) in [5, 5.41) is 0. The van der Waals surface area contributed by atoms with Crippen LogP contribution >= 0.6 is 0 Å². The molecular formula is C16H20N4O. The van der Waals surface area contributed by atoms with Gasteiger partial charge in [-0.3, -0.25) is 15.6 Å². The summed E-state index contributed by atoms with van der Waals surface area (Å²) in [5.74, 6) is 5.39. The van der Waals surface area contributed by atoms with E-state index in [4.69, 9.17) is 5.84 Å². The van der Waals surface area contributed by atoms with Crippen LogP contribution in [0.25, 0.3) is 0 Å². The summed E-state index contributed by atoms with van der Waals surface area (Å²) >= 11 is 0. The molecule has 0 bridgehead atoms. The largest absolute Gasteiger partial charge is 0.323 e. The smallest absolute Gasteiger partial charge is 0.261 e. The minimum Gasteiger partial charge on any atom is -0.323 e. The van der Waals surface area contributed by atoms with Crippen molar-refractivity contribution in [3.8, 4) is 0 Å². The zero-order chi connectivity index (χ0) is 15.4. The number of benzene rings is 1. The molecule has 0 aliphatic rings. The van der Waals surface area contributed by atoms with Gasteiger partial charge in [0.25, 0.3) is 5.91 Å². The standard InChI is InChI=1S/C16H20N4O/c1-4-20(13-7-5-6-11(2)8-13)16(21)14-10-18-12(3)9-15(14)19-17/h5-10H,4,17H2,1-3H3,(H,18,19). The highest BCUT2D eigenvalue weighted by molar-refractivity contribution is 6.09. The molecule has 3 N–H and O–H groups in total. The first-order valence-electron chi connectivity index (χ1n) is 6.88.